The molecular formula is C45H60N8O7. The zero-order valence-corrected chi connectivity index (χ0v) is 34.4. The molecule has 6 rings (SSSR count). The molecule has 3 aliphatic rings. The van der Waals surface area contributed by atoms with E-state index >= 15 is 0 Å². The molecule has 322 valence electrons. The van der Waals surface area contributed by atoms with Crippen molar-refractivity contribution in [2.45, 2.75) is 107 Å². The van der Waals surface area contributed by atoms with Crippen LogP contribution < -0.4 is 43.0 Å². The zero-order valence-electron chi connectivity index (χ0n) is 34.4. The topological polar surface area (TPSA) is 236 Å². The number of hydrogen-bond donors (Lipinski definition) is 10. The molecule has 15 heteroatoms. The van der Waals surface area contributed by atoms with Gasteiger partial charge >= 0.3 is 0 Å². The third-order valence-electron chi connectivity index (χ3n) is 11.8. The van der Waals surface area contributed by atoms with E-state index in [1.807, 2.05) is 92.7 Å². The van der Waals surface area contributed by atoms with E-state index in [4.69, 9.17) is 5.73 Å². The molecule has 9 atom stereocenters. The molecule has 0 saturated carbocycles. The van der Waals surface area contributed by atoms with Crippen molar-refractivity contribution in [2.24, 2.45) is 11.7 Å². The lowest BCUT2D eigenvalue weighted by Crippen LogP contribution is -2.52. The standard InChI is InChI=1S/C45H60N8O7/c1-26(2)21-37(43(58)50-25-39(46)55)52-45(60)36-22-32(23-48-36)27-10-14-29(15-11-27)38(54)24-49-42(57)35-19-18-33(51-35)28-12-16-31(17-13-28)41(56)40(30-7-4-3-5-8-30)53-44(59)34-9-6-20-47-34/h3-5,7-8,10-17,26,32-38,40-41,47-48,51,54,56H,6,9,18-25H2,1-2H3,(H2,46,55)(H,49,57)(H,50,58)(H,52,60)(H,53,59)/t32?,33?,34-,35-,36-,37?,38+,40?,41?/m0/s1. The van der Waals surface area contributed by atoms with Crippen LogP contribution >= 0.6 is 0 Å². The summed E-state index contributed by atoms with van der Waals surface area (Å²) in [5, 5.41) is 43.6. The monoisotopic (exact) mass is 824 g/mol. The second-order valence-corrected chi connectivity index (χ2v) is 16.7. The summed E-state index contributed by atoms with van der Waals surface area (Å²) >= 11 is 0. The predicted molar refractivity (Wildman–Crippen MR) is 226 cm³/mol. The largest absolute Gasteiger partial charge is 0.387 e. The first-order chi connectivity index (χ1) is 28.9. The lowest BCUT2D eigenvalue weighted by Gasteiger charge is -2.27. The average molecular weight is 825 g/mol. The first kappa shape index (κ1) is 44.4. The van der Waals surface area contributed by atoms with E-state index in [-0.39, 0.29) is 54.7 Å². The Morgan fingerprint density at radius 1 is 0.733 bits per heavy atom. The molecule has 60 heavy (non-hydrogen) atoms. The van der Waals surface area contributed by atoms with Crippen molar-refractivity contribution < 1.29 is 34.2 Å². The van der Waals surface area contributed by atoms with Gasteiger partial charge in [-0.3, -0.25) is 29.3 Å². The van der Waals surface area contributed by atoms with Crippen LogP contribution in [0.15, 0.2) is 78.9 Å². The van der Waals surface area contributed by atoms with Crippen molar-refractivity contribution in [1.29, 1.82) is 0 Å². The van der Waals surface area contributed by atoms with Gasteiger partial charge in [0.1, 0.15) is 12.1 Å². The lowest BCUT2D eigenvalue weighted by molar-refractivity contribution is -0.131. The molecule has 11 N–H and O–H groups in total. The molecule has 3 heterocycles. The predicted octanol–water partition coefficient (Wildman–Crippen LogP) is 1.55. The lowest BCUT2D eigenvalue weighted by atomic mass is 9.93. The Labute approximate surface area is 351 Å². The van der Waals surface area contributed by atoms with Gasteiger partial charge in [-0.15, -0.1) is 0 Å². The highest BCUT2D eigenvalue weighted by Gasteiger charge is 2.34. The molecule has 3 aliphatic heterocycles. The molecule has 3 fully saturated rings. The molecule has 3 saturated heterocycles. The maximum atomic E-state index is 13.2. The van der Waals surface area contributed by atoms with E-state index in [0.29, 0.717) is 36.9 Å². The fraction of sp³-hybridized carbons (Fsp3) is 0.489. The number of primary amides is 1. The molecule has 0 radical (unpaired) electrons. The van der Waals surface area contributed by atoms with Crippen molar-refractivity contribution >= 4 is 29.5 Å². The highest BCUT2D eigenvalue weighted by Crippen LogP contribution is 2.33. The number of hydrogen-bond acceptors (Lipinski definition) is 10. The second kappa shape index (κ2) is 20.9. The summed E-state index contributed by atoms with van der Waals surface area (Å²) in [6.07, 6.45) is 2.11. The molecule has 5 unspecified atom stereocenters. The maximum Gasteiger partial charge on any atom is 0.243 e. The number of aliphatic hydroxyl groups is 2. The summed E-state index contributed by atoms with van der Waals surface area (Å²) in [5.74, 6) is -1.54. The van der Waals surface area contributed by atoms with Crippen LogP contribution in [0.25, 0.3) is 0 Å². The van der Waals surface area contributed by atoms with Gasteiger partial charge in [-0.05, 0) is 84.7 Å². The van der Waals surface area contributed by atoms with Crippen molar-refractivity contribution in [2.75, 3.05) is 26.2 Å². The van der Waals surface area contributed by atoms with Gasteiger partial charge in [0.25, 0.3) is 0 Å². The quantitative estimate of drug-likeness (QED) is 0.0889. The number of carbonyl (C=O) groups excluding carboxylic acids is 5. The van der Waals surface area contributed by atoms with E-state index in [9.17, 15) is 34.2 Å². The van der Waals surface area contributed by atoms with Crippen LogP contribution in [0.5, 0.6) is 0 Å². The minimum absolute atomic E-state index is 0.0412. The van der Waals surface area contributed by atoms with Crippen LogP contribution in [0, 0.1) is 5.92 Å². The molecule has 0 aliphatic carbocycles. The first-order valence-electron chi connectivity index (χ1n) is 21.1. The summed E-state index contributed by atoms with van der Waals surface area (Å²) < 4.78 is 0. The van der Waals surface area contributed by atoms with Gasteiger partial charge in [-0.25, -0.2) is 0 Å². The zero-order chi connectivity index (χ0) is 42.8. The molecule has 15 nitrogen and oxygen atoms in total. The van der Waals surface area contributed by atoms with Crippen LogP contribution in [0.2, 0.25) is 0 Å². The van der Waals surface area contributed by atoms with E-state index in [1.54, 1.807) is 0 Å². The summed E-state index contributed by atoms with van der Waals surface area (Å²) in [4.78, 5) is 63.1. The van der Waals surface area contributed by atoms with Crippen LogP contribution in [0.1, 0.15) is 110 Å². The van der Waals surface area contributed by atoms with E-state index < -0.39 is 48.2 Å². The number of nitrogens with two attached hydrogens (primary N) is 1. The maximum absolute atomic E-state index is 13.2. The Morgan fingerprint density at radius 2 is 1.42 bits per heavy atom. The summed E-state index contributed by atoms with van der Waals surface area (Å²) in [6.45, 7) is 4.99. The van der Waals surface area contributed by atoms with Crippen molar-refractivity contribution in [3.8, 4) is 0 Å². The molecule has 3 aromatic carbocycles. The summed E-state index contributed by atoms with van der Waals surface area (Å²) in [5.41, 5.74) is 9.29. The summed E-state index contributed by atoms with van der Waals surface area (Å²) in [7, 11) is 0. The van der Waals surface area contributed by atoms with Gasteiger partial charge in [0.15, 0.2) is 0 Å². The van der Waals surface area contributed by atoms with Gasteiger partial charge in [0.05, 0.1) is 36.8 Å². The Hall–Kier alpha value is -5.19. The van der Waals surface area contributed by atoms with Gasteiger partial charge < -0.3 is 47.8 Å². The van der Waals surface area contributed by atoms with Gasteiger partial charge in [0, 0.05) is 19.1 Å². The number of amides is 5. The SMILES string of the molecule is CC(C)CC(NC(=O)[C@@H]1CC(c2ccc([C@H](O)CNC(=O)[C@@H]3CCC(c4ccc(C(O)C(NC(=O)[C@@H]5CCCN5)c5ccccc5)cc4)N3)cc2)CN1)C(=O)NCC(N)=O. The van der Waals surface area contributed by atoms with Crippen LogP contribution in [-0.4, -0.2) is 90.1 Å². The van der Waals surface area contributed by atoms with Crippen molar-refractivity contribution in [3.63, 3.8) is 0 Å². The Balaban J connectivity index is 0.956. The van der Waals surface area contributed by atoms with Crippen molar-refractivity contribution in [1.82, 2.24) is 37.2 Å². The number of carbonyl (C=O) groups is 5. The number of nitrogens with one attached hydrogen (secondary N) is 7. The molecule has 0 spiro atoms. The molecular weight excluding hydrogens is 765 g/mol. The second-order valence-electron chi connectivity index (χ2n) is 16.7. The molecule has 3 aromatic rings. The van der Waals surface area contributed by atoms with E-state index in [2.05, 4.69) is 37.2 Å². The smallest absolute Gasteiger partial charge is 0.243 e. The van der Waals surface area contributed by atoms with E-state index in [0.717, 1.165) is 42.5 Å². The van der Waals surface area contributed by atoms with Crippen LogP contribution in [0.3, 0.4) is 0 Å². The third kappa shape index (κ3) is 11.8. The molecule has 5 amide bonds. The molecule has 0 aromatic heterocycles. The Bertz CT molecular complexity index is 1920. The highest BCUT2D eigenvalue weighted by atomic mass is 16.3. The Morgan fingerprint density at radius 3 is 2.08 bits per heavy atom. The van der Waals surface area contributed by atoms with Gasteiger partial charge in [-0.2, -0.15) is 0 Å². The number of benzene rings is 3. The minimum Gasteiger partial charge on any atom is -0.387 e. The third-order valence-corrected chi connectivity index (χ3v) is 11.8. The van der Waals surface area contributed by atoms with Gasteiger partial charge in [-0.1, -0.05) is 92.7 Å². The normalized spacial score (nSPS) is 23.3. The fourth-order valence-corrected chi connectivity index (χ4v) is 8.39. The average Bonchev–Trinajstić information content (AvgIpc) is 4.07. The van der Waals surface area contributed by atoms with Crippen molar-refractivity contribution in [3.05, 3.63) is 107 Å². The minimum atomic E-state index is -0.970. The number of aliphatic hydroxyl groups excluding tert-OH is 2. The first-order valence-corrected chi connectivity index (χ1v) is 21.1. The highest BCUT2D eigenvalue weighted by molar-refractivity contribution is 5.91. The summed E-state index contributed by atoms with van der Waals surface area (Å²) in [6, 6.07) is 21.9. The van der Waals surface area contributed by atoms with Gasteiger partial charge in [0.2, 0.25) is 29.5 Å². The fourth-order valence-electron chi connectivity index (χ4n) is 8.39. The Kier molecular flexibility index (Phi) is 15.4. The molecule has 0 bridgehead atoms. The van der Waals surface area contributed by atoms with Crippen LogP contribution in [-0.2, 0) is 24.0 Å². The van der Waals surface area contributed by atoms with Crippen LogP contribution in [0.4, 0.5) is 0 Å². The van der Waals surface area contributed by atoms with E-state index in [1.165, 1.54) is 0 Å². The number of rotatable bonds is 18.